The van der Waals surface area contributed by atoms with Gasteiger partial charge in [0, 0.05) is 11.2 Å². The van der Waals surface area contributed by atoms with Crippen LogP contribution in [0.1, 0.15) is 33.1 Å². The molecular weight excluding hydrogens is 439 g/mol. The van der Waals surface area contributed by atoms with Crippen molar-refractivity contribution in [3.05, 3.63) is 23.2 Å². The predicted molar refractivity (Wildman–Crippen MR) is 113 cm³/mol. The second-order valence-electron chi connectivity index (χ2n) is 6.54. The molecule has 0 aromatic heterocycles. The molecule has 1 saturated heterocycles. The first-order valence-electron chi connectivity index (χ1n) is 8.08. The molecule has 0 spiro atoms. The topological polar surface area (TPSA) is 62.9 Å². The Balaban J connectivity index is 0.00000288. The summed E-state index contributed by atoms with van der Waals surface area (Å²) in [5.74, 6) is 1.04. The highest BCUT2D eigenvalue weighted by atomic mass is 127. The lowest BCUT2D eigenvalue weighted by Crippen LogP contribution is -2.49. The van der Waals surface area contributed by atoms with Crippen LogP contribution in [0.15, 0.2) is 23.2 Å². The highest BCUT2D eigenvalue weighted by molar-refractivity contribution is 14.0. The van der Waals surface area contributed by atoms with Crippen molar-refractivity contribution in [2.24, 2.45) is 10.7 Å². The molecule has 0 bridgehead atoms. The Morgan fingerprint density at radius 3 is 2.58 bits per heavy atom. The zero-order chi connectivity index (χ0) is 16.9. The molecule has 3 N–H and O–H groups in total. The van der Waals surface area contributed by atoms with Crippen molar-refractivity contribution in [1.29, 1.82) is 0 Å². The molecular formula is C17H28ClIN4O. The SMILES string of the molecule is COc1ccc(NC(N)=NCC(C)(C)N2CCCCC2)cc1Cl.I. The second-order valence-corrected chi connectivity index (χ2v) is 6.94. The van der Waals surface area contributed by atoms with Crippen molar-refractivity contribution in [3.63, 3.8) is 0 Å². The van der Waals surface area contributed by atoms with E-state index in [1.54, 1.807) is 19.2 Å². The van der Waals surface area contributed by atoms with E-state index in [2.05, 4.69) is 29.1 Å². The van der Waals surface area contributed by atoms with Gasteiger partial charge in [-0.1, -0.05) is 18.0 Å². The monoisotopic (exact) mass is 466 g/mol. The zero-order valence-corrected chi connectivity index (χ0v) is 17.7. The van der Waals surface area contributed by atoms with Gasteiger partial charge in [0.15, 0.2) is 5.96 Å². The van der Waals surface area contributed by atoms with Gasteiger partial charge in [-0.3, -0.25) is 9.89 Å². The van der Waals surface area contributed by atoms with Gasteiger partial charge in [-0.05, 0) is 58.0 Å². The summed E-state index contributed by atoms with van der Waals surface area (Å²) in [6, 6.07) is 5.44. The number of likely N-dealkylation sites (tertiary alicyclic amines) is 1. The zero-order valence-electron chi connectivity index (χ0n) is 14.6. The van der Waals surface area contributed by atoms with E-state index in [4.69, 9.17) is 22.1 Å². The minimum Gasteiger partial charge on any atom is -0.495 e. The molecule has 0 radical (unpaired) electrons. The molecule has 1 heterocycles. The molecule has 0 unspecified atom stereocenters. The molecule has 5 nitrogen and oxygen atoms in total. The Morgan fingerprint density at radius 2 is 2.00 bits per heavy atom. The average Bonchev–Trinajstić information content (AvgIpc) is 2.54. The van der Waals surface area contributed by atoms with Crippen LogP contribution in [-0.4, -0.2) is 43.1 Å². The molecule has 1 aromatic carbocycles. The fourth-order valence-electron chi connectivity index (χ4n) is 2.81. The Bertz CT molecular complexity index is 560. The summed E-state index contributed by atoms with van der Waals surface area (Å²) in [4.78, 5) is 7.00. The maximum Gasteiger partial charge on any atom is 0.193 e. The van der Waals surface area contributed by atoms with Gasteiger partial charge in [-0.15, -0.1) is 24.0 Å². The van der Waals surface area contributed by atoms with Gasteiger partial charge in [0.25, 0.3) is 0 Å². The summed E-state index contributed by atoms with van der Waals surface area (Å²) < 4.78 is 5.14. The summed E-state index contributed by atoms with van der Waals surface area (Å²) in [6.07, 6.45) is 3.87. The van der Waals surface area contributed by atoms with E-state index in [0.717, 1.165) is 18.8 Å². The number of nitrogens with one attached hydrogen (secondary N) is 1. The predicted octanol–water partition coefficient (Wildman–Crippen LogP) is 3.96. The van der Waals surface area contributed by atoms with E-state index in [-0.39, 0.29) is 29.5 Å². The molecule has 0 atom stereocenters. The highest BCUT2D eigenvalue weighted by Crippen LogP contribution is 2.27. The molecule has 7 heteroatoms. The second kappa shape index (κ2) is 9.68. The van der Waals surface area contributed by atoms with Crippen molar-refractivity contribution in [2.75, 3.05) is 32.1 Å². The molecule has 0 saturated carbocycles. The molecule has 1 fully saturated rings. The van der Waals surface area contributed by atoms with E-state index >= 15 is 0 Å². The summed E-state index contributed by atoms with van der Waals surface area (Å²) in [5.41, 5.74) is 6.83. The van der Waals surface area contributed by atoms with Crippen LogP contribution in [0.4, 0.5) is 5.69 Å². The maximum atomic E-state index is 6.11. The minimum atomic E-state index is 0. The number of methoxy groups -OCH3 is 1. The lowest BCUT2D eigenvalue weighted by molar-refractivity contribution is 0.102. The van der Waals surface area contributed by atoms with E-state index < -0.39 is 0 Å². The number of guanidine groups is 1. The first kappa shape index (κ1) is 21.3. The molecule has 1 aliphatic rings. The number of hydrogen-bond acceptors (Lipinski definition) is 3. The van der Waals surface area contributed by atoms with Gasteiger partial charge in [0.1, 0.15) is 5.75 Å². The van der Waals surface area contributed by atoms with Crippen molar-refractivity contribution < 1.29 is 4.74 Å². The number of piperidine rings is 1. The molecule has 24 heavy (non-hydrogen) atoms. The number of aliphatic imine (C=N–C) groups is 1. The lowest BCUT2D eigenvalue weighted by atomic mass is 9.99. The van der Waals surface area contributed by atoms with Crippen LogP contribution < -0.4 is 15.8 Å². The summed E-state index contributed by atoms with van der Waals surface area (Å²) in [6.45, 7) is 7.39. The van der Waals surface area contributed by atoms with Gasteiger partial charge in [-0.25, -0.2) is 0 Å². The molecule has 0 amide bonds. The van der Waals surface area contributed by atoms with Crippen LogP contribution >= 0.6 is 35.6 Å². The van der Waals surface area contributed by atoms with Crippen molar-refractivity contribution in [1.82, 2.24) is 4.90 Å². The van der Waals surface area contributed by atoms with Crippen molar-refractivity contribution in [3.8, 4) is 5.75 Å². The van der Waals surface area contributed by atoms with Crippen LogP contribution in [0, 0.1) is 0 Å². The number of hydrogen-bond donors (Lipinski definition) is 2. The summed E-state index contributed by atoms with van der Waals surface area (Å²) in [7, 11) is 1.59. The van der Waals surface area contributed by atoms with Crippen LogP contribution in [0.5, 0.6) is 5.75 Å². The van der Waals surface area contributed by atoms with E-state index in [0.29, 0.717) is 23.3 Å². The van der Waals surface area contributed by atoms with Crippen LogP contribution in [-0.2, 0) is 0 Å². The number of benzene rings is 1. The van der Waals surface area contributed by atoms with Crippen LogP contribution in [0.3, 0.4) is 0 Å². The molecule has 0 aliphatic carbocycles. The summed E-state index contributed by atoms with van der Waals surface area (Å²) >= 11 is 6.11. The number of nitrogens with zero attached hydrogens (tertiary/aromatic N) is 2. The third-order valence-corrected chi connectivity index (χ3v) is 4.57. The van der Waals surface area contributed by atoms with Crippen molar-refractivity contribution >= 4 is 47.2 Å². The summed E-state index contributed by atoms with van der Waals surface area (Å²) in [5, 5.41) is 3.62. The van der Waals surface area contributed by atoms with Gasteiger partial charge in [0.05, 0.1) is 18.7 Å². The van der Waals surface area contributed by atoms with Gasteiger partial charge >= 0.3 is 0 Å². The lowest BCUT2D eigenvalue weighted by Gasteiger charge is -2.40. The quantitative estimate of drug-likeness (QED) is 0.392. The molecule has 136 valence electrons. The number of anilines is 1. The van der Waals surface area contributed by atoms with Crippen LogP contribution in [0.25, 0.3) is 0 Å². The molecule has 1 aromatic rings. The fraction of sp³-hybridized carbons (Fsp3) is 0.588. The van der Waals surface area contributed by atoms with Crippen molar-refractivity contribution in [2.45, 2.75) is 38.6 Å². The fourth-order valence-corrected chi connectivity index (χ4v) is 3.07. The highest BCUT2D eigenvalue weighted by Gasteiger charge is 2.27. The molecule has 2 rings (SSSR count). The number of nitrogens with two attached hydrogens (primary N) is 1. The number of ether oxygens (including phenoxy) is 1. The Kier molecular flexibility index (Phi) is 8.59. The third-order valence-electron chi connectivity index (χ3n) is 4.27. The van der Waals surface area contributed by atoms with Crippen LogP contribution in [0.2, 0.25) is 5.02 Å². The van der Waals surface area contributed by atoms with Gasteiger partial charge in [-0.2, -0.15) is 0 Å². The van der Waals surface area contributed by atoms with Gasteiger partial charge in [0.2, 0.25) is 0 Å². The standard InChI is InChI=1S/C17H27ClN4O.HI/c1-17(2,22-9-5-4-6-10-22)12-20-16(19)21-13-7-8-15(23-3)14(18)11-13;/h7-8,11H,4-6,9-10,12H2,1-3H3,(H3,19,20,21);1H. The minimum absolute atomic E-state index is 0. The smallest absolute Gasteiger partial charge is 0.193 e. The Hall–Kier alpha value is -0.730. The Morgan fingerprint density at radius 1 is 1.33 bits per heavy atom. The van der Waals surface area contributed by atoms with E-state index in [1.165, 1.54) is 19.3 Å². The largest absolute Gasteiger partial charge is 0.495 e. The Labute approximate surface area is 167 Å². The van der Waals surface area contributed by atoms with E-state index in [1.807, 2.05) is 6.07 Å². The molecule has 1 aliphatic heterocycles. The first-order chi connectivity index (χ1) is 10.9. The maximum absolute atomic E-state index is 6.11. The normalized spacial score (nSPS) is 16.4. The number of rotatable bonds is 5. The van der Waals surface area contributed by atoms with Gasteiger partial charge < -0.3 is 15.8 Å². The first-order valence-corrected chi connectivity index (χ1v) is 8.46. The third kappa shape index (κ3) is 5.97. The number of halogens is 2. The van der Waals surface area contributed by atoms with E-state index in [9.17, 15) is 0 Å². The average molecular weight is 467 g/mol.